The summed E-state index contributed by atoms with van der Waals surface area (Å²) in [7, 11) is 0. The molecule has 2 aliphatic rings. The van der Waals surface area contributed by atoms with Crippen molar-refractivity contribution in [2.24, 2.45) is 16.7 Å². The third-order valence-electron chi connectivity index (χ3n) is 4.99. The Hall–Kier alpha value is -0.0400. The van der Waals surface area contributed by atoms with E-state index in [-0.39, 0.29) is 0 Å². The lowest BCUT2D eigenvalue weighted by Crippen LogP contribution is -2.44. The Morgan fingerprint density at radius 3 is 2.18 bits per heavy atom. The zero-order chi connectivity index (χ0) is 12.7. The van der Waals surface area contributed by atoms with Crippen molar-refractivity contribution < 1.29 is 0 Å². The van der Waals surface area contributed by atoms with Gasteiger partial charge in [-0.25, -0.2) is 0 Å². The lowest BCUT2D eigenvalue weighted by atomic mass is 9.75. The number of nitrogens with one attached hydrogen (secondary N) is 1. The standard InChI is InChI=1S/C16H31N/c1-12-9-16(4,5)11-14(12)17-13-7-6-8-15(2,3)10-13/h12-14,17H,6-11H2,1-5H3. The van der Waals surface area contributed by atoms with Crippen LogP contribution >= 0.6 is 0 Å². The second-order valence-corrected chi connectivity index (χ2v) is 8.28. The van der Waals surface area contributed by atoms with E-state index >= 15 is 0 Å². The van der Waals surface area contributed by atoms with Crippen LogP contribution in [0.15, 0.2) is 0 Å². The maximum atomic E-state index is 3.98. The largest absolute Gasteiger partial charge is 0.311 e. The van der Waals surface area contributed by atoms with Crippen molar-refractivity contribution in [3.63, 3.8) is 0 Å². The van der Waals surface area contributed by atoms with E-state index in [1.165, 1.54) is 38.5 Å². The first-order chi connectivity index (χ1) is 7.77. The second-order valence-electron chi connectivity index (χ2n) is 8.28. The molecule has 2 saturated carbocycles. The van der Waals surface area contributed by atoms with Gasteiger partial charge in [0.05, 0.1) is 0 Å². The minimum absolute atomic E-state index is 0.557. The Balaban J connectivity index is 1.89. The van der Waals surface area contributed by atoms with Crippen LogP contribution in [0.5, 0.6) is 0 Å². The summed E-state index contributed by atoms with van der Waals surface area (Å²) < 4.78 is 0. The zero-order valence-corrected chi connectivity index (χ0v) is 12.5. The van der Waals surface area contributed by atoms with Crippen LogP contribution in [0.4, 0.5) is 0 Å². The Morgan fingerprint density at radius 2 is 1.65 bits per heavy atom. The van der Waals surface area contributed by atoms with E-state index in [9.17, 15) is 0 Å². The predicted octanol–water partition coefficient (Wildman–Crippen LogP) is 4.37. The first-order valence-electron chi connectivity index (χ1n) is 7.54. The van der Waals surface area contributed by atoms with Gasteiger partial charge < -0.3 is 5.32 Å². The lowest BCUT2D eigenvalue weighted by molar-refractivity contribution is 0.182. The van der Waals surface area contributed by atoms with Crippen molar-refractivity contribution in [2.75, 3.05) is 0 Å². The Labute approximate surface area is 108 Å². The van der Waals surface area contributed by atoms with E-state index in [1.807, 2.05) is 0 Å². The highest BCUT2D eigenvalue weighted by molar-refractivity contribution is 4.94. The molecule has 2 rings (SSSR count). The van der Waals surface area contributed by atoms with Crippen LogP contribution in [0.1, 0.15) is 73.1 Å². The van der Waals surface area contributed by atoms with Crippen LogP contribution in [0.25, 0.3) is 0 Å². The minimum atomic E-state index is 0.557. The summed E-state index contributed by atoms with van der Waals surface area (Å²) >= 11 is 0. The average molecular weight is 237 g/mol. The first-order valence-corrected chi connectivity index (χ1v) is 7.54. The third kappa shape index (κ3) is 3.47. The summed E-state index contributed by atoms with van der Waals surface area (Å²) in [4.78, 5) is 0. The molecule has 0 aromatic heterocycles. The Morgan fingerprint density at radius 1 is 0.941 bits per heavy atom. The van der Waals surface area contributed by atoms with Crippen LogP contribution in [0.3, 0.4) is 0 Å². The highest BCUT2D eigenvalue weighted by atomic mass is 15.0. The van der Waals surface area contributed by atoms with E-state index in [2.05, 4.69) is 39.9 Å². The monoisotopic (exact) mass is 237 g/mol. The van der Waals surface area contributed by atoms with Crippen molar-refractivity contribution in [2.45, 2.75) is 85.2 Å². The van der Waals surface area contributed by atoms with Gasteiger partial charge in [-0.15, -0.1) is 0 Å². The van der Waals surface area contributed by atoms with Crippen LogP contribution in [-0.4, -0.2) is 12.1 Å². The maximum absolute atomic E-state index is 3.98. The van der Waals surface area contributed by atoms with E-state index in [4.69, 9.17) is 0 Å². The highest BCUT2D eigenvalue weighted by Crippen LogP contribution is 2.42. The molecule has 1 N–H and O–H groups in total. The molecule has 3 unspecified atom stereocenters. The summed E-state index contributed by atoms with van der Waals surface area (Å²) in [6.07, 6.45) is 8.35. The second kappa shape index (κ2) is 4.57. The van der Waals surface area contributed by atoms with Gasteiger partial charge in [-0.2, -0.15) is 0 Å². The number of hydrogen-bond acceptors (Lipinski definition) is 1. The molecule has 3 atom stereocenters. The fraction of sp³-hybridized carbons (Fsp3) is 1.00. The smallest absolute Gasteiger partial charge is 0.0101 e. The van der Waals surface area contributed by atoms with E-state index < -0.39 is 0 Å². The van der Waals surface area contributed by atoms with Gasteiger partial charge in [0.1, 0.15) is 0 Å². The quantitative estimate of drug-likeness (QED) is 0.752. The molecule has 1 heteroatoms. The average Bonchev–Trinajstić information content (AvgIpc) is 2.37. The van der Waals surface area contributed by atoms with E-state index in [0.29, 0.717) is 10.8 Å². The molecule has 0 amide bonds. The summed E-state index contributed by atoms with van der Waals surface area (Å²) in [5.74, 6) is 0.857. The molecule has 2 fully saturated rings. The van der Waals surface area contributed by atoms with E-state index in [0.717, 1.165) is 18.0 Å². The summed E-state index contributed by atoms with van der Waals surface area (Å²) in [5, 5.41) is 3.98. The normalized spacial score (nSPS) is 40.4. The van der Waals surface area contributed by atoms with Gasteiger partial charge >= 0.3 is 0 Å². The Bertz CT molecular complexity index is 267. The first kappa shape index (κ1) is 13.4. The molecule has 0 heterocycles. The number of rotatable bonds is 2. The van der Waals surface area contributed by atoms with Crippen molar-refractivity contribution in [3.05, 3.63) is 0 Å². The van der Waals surface area contributed by atoms with Crippen molar-refractivity contribution in [1.29, 1.82) is 0 Å². The molecule has 100 valence electrons. The van der Waals surface area contributed by atoms with Gasteiger partial charge in [0.25, 0.3) is 0 Å². The van der Waals surface area contributed by atoms with E-state index in [1.54, 1.807) is 0 Å². The van der Waals surface area contributed by atoms with Gasteiger partial charge in [-0.05, 0) is 48.9 Å². The zero-order valence-electron chi connectivity index (χ0n) is 12.5. The molecule has 0 spiro atoms. The van der Waals surface area contributed by atoms with Gasteiger partial charge in [0.15, 0.2) is 0 Å². The summed E-state index contributed by atoms with van der Waals surface area (Å²) in [6, 6.07) is 1.55. The topological polar surface area (TPSA) is 12.0 Å². The lowest BCUT2D eigenvalue weighted by Gasteiger charge is -2.37. The van der Waals surface area contributed by atoms with Crippen LogP contribution in [0, 0.1) is 16.7 Å². The van der Waals surface area contributed by atoms with Crippen LogP contribution in [-0.2, 0) is 0 Å². The predicted molar refractivity (Wildman–Crippen MR) is 75.1 cm³/mol. The molecule has 1 nitrogen and oxygen atoms in total. The molecule has 0 aromatic rings. The minimum Gasteiger partial charge on any atom is -0.311 e. The molecule has 2 aliphatic carbocycles. The fourth-order valence-electron chi connectivity index (χ4n) is 4.26. The molecular weight excluding hydrogens is 206 g/mol. The van der Waals surface area contributed by atoms with Gasteiger partial charge in [0.2, 0.25) is 0 Å². The molecular formula is C16H31N. The molecule has 0 radical (unpaired) electrons. The van der Waals surface area contributed by atoms with Crippen molar-refractivity contribution >= 4 is 0 Å². The van der Waals surface area contributed by atoms with Crippen LogP contribution < -0.4 is 5.32 Å². The highest BCUT2D eigenvalue weighted by Gasteiger charge is 2.38. The SMILES string of the molecule is CC1CC(C)(C)CC1NC1CCCC(C)(C)C1. The van der Waals surface area contributed by atoms with Gasteiger partial charge in [-0.3, -0.25) is 0 Å². The molecule has 0 aromatic carbocycles. The summed E-state index contributed by atoms with van der Waals surface area (Å²) in [6.45, 7) is 12.2. The molecule has 0 aliphatic heterocycles. The third-order valence-corrected chi connectivity index (χ3v) is 4.99. The summed E-state index contributed by atoms with van der Waals surface area (Å²) in [5.41, 5.74) is 1.12. The molecule has 17 heavy (non-hydrogen) atoms. The van der Waals surface area contributed by atoms with Crippen LogP contribution in [0.2, 0.25) is 0 Å². The molecule has 0 bridgehead atoms. The maximum Gasteiger partial charge on any atom is 0.0101 e. The van der Waals surface area contributed by atoms with Gasteiger partial charge in [0, 0.05) is 12.1 Å². The van der Waals surface area contributed by atoms with Gasteiger partial charge in [-0.1, -0.05) is 41.0 Å². The number of hydrogen-bond donors (Lipinski definition) is 1. The van der Waals surface area contributed by atoms with Crippen molar-refractivity contribution in [3.8, 4) is 0 Å². The fourth-order valence-corrected chi connectivity index (χ4v) is 4.26. The Kier molecular flexibility index (Phi) is 3.60. The molecule has 0 saturated heterocycles. The van der Waals surface area contributed by atoms with Crippen molar-refractivity contribution in [1.82, 2.24) is 5.32 Å².